The molecule has 27 heavy (non-hydrogen) atoms. The van der Waals surface area contributed by atoms with E-state index in [9.17, 15) is 8.42 Å². The molecule has 8 nitrogen and oxygen atoms in total. The van der Waals surface area contributed by atoms with Gasteiger partial charge in [-0.1, -0.05) is 12.1 Å². The monoisotopic (exact) mass is 507 g/mol. The number of halogens is 1. The van der Waals surface area contributed by atoms with Gasteiger partial charge in [0.2, 0.25) is 15.9 Å². The predicted molar refractivity (Wildman–Crippen MR) is 116 cm³/mol. The number of aliphatic imine (C=N–C) groups is 1. The number of aromatic nitrogens is 1. The molecule has 0 aliphatic rings. The van der Waals surface area contributed by atoms with E-state index in [1.807, 2.05) is 13.8 Å². The molecule has 0 bridgehead atoms. The van der Waals surface area contributed by atoms with Crippen molar-refractivity contribution in [3.8, 4) is 0 Å². The van der Waals surface area contributed by atoms with Crippen LogP contribution in [0.1, 0.15) is 22.9 Å². The summed E-state index contributed by atoms with van der Waals surface area (Å²) in [5.74, 6) is 2.00. The highest BCUT2D eigenvalue weighted by Crippen LogP contribution is 2.14. The molecule has 0 spiro atoms. The minimum absolute atomic E-state index is 0. The van der Waals surface area contributed by atoms with Crippen LogP contribution in [0.25, 0.3) is 0 Å². The van der Waals surface area contributed by atoms with Crippen molar-refractivity contribution >= 4 is 40.0 Å². The first-order valence-electron chi connectivity index (χ1n) is 8.13. The molecule has 0 aliphatic carbocycles. The van der Waals surface area contributed by atoms with Crippen molar-refractivity contribution in [3.63, 3.8) is 0 Å². The zero-order valence-corrected chi connectivity index (χ0v) is 19.3. The van der Waals surface area contributed by atoms with Crippen LogP contribution < -0.4 is 10.6 Å². The largest absolute Gasteiger partial charge is 0.444 e. The first-order valence-corrected chi connectivity index (χ1v) is 9.57. The fourth-order valence-electron chi connectivity index (χ4n) is 2.17. The molecular weight excluding hydrogens is 481 g/mol. The molecule has 1 aromatic heterocycles. The highest BCUT2D eigenvalue weighted by atomic mass is 127. The van der Waals surface area contributed by atoms with E-state index in [0.29, 0.717) is 24.9 Å². The van der Waals surface area contributed by atoms with Crippen LogP contribution >= 0.6 is 24.0 Å². The second-order valence-corrected chi connectivity index (χ2v) is 8.11. The first kappa shape index (κ1) is 23.4. The number of benzene rings is 1. The number of nitrogens with zero attached hydrogens (tertiary/aromatic N) is 3. The Morgan fingerprint density at radius 1 is 1.15 bits per heavy atom. The molecule has 150 valence electrons. The van der Waals surface area contributed by atoms with Gasteiger partial charge < -0.3 is 15.1 Å². The Morgan fingerprint density at radius 3 is 2.22 bits per heavy atom. The van der Waals surface area contributed by atoms with Crippen LogP contribution in [0.2, 0.25) is 0 Å². The fourth-order valence-corrected chi connectivity index (χ4v) is 3.07. The van der Waals surface area contributed by atoms with Crippen molar-refractivity contribution in [2.24, 2.45) is 4.99 Å². The molecule has 0 amide bonds. The smallest absolute Gasteiger partial charge is 0.242 e. The molecule has 2 aromatic rings. The van der Waals surface area contributed by atoms with Crippen molar-refractivity contribution in [2.45, 2.75) is 31.8 Å². The van der Waals surface area contributed by atoms with Crippen molar-refractivity contribution < 1.29 is 12.8 Å². The molecule has 0 radical (unpaired) electrons. The number of oxazole rings is 1. The third-order valence-electron chi connectivity index (χ3n) is 3.87. The maximum atomic E-state index is 12.1. The third kappa shape index (κ3) is 6.18. The lowest BCUT2D eigenvalue weighted by Gasteiger charge is -2.13. The van der Waals surface area contributed by atoms with Gasteiger partial charge in [-0.05, 0) is 31.5 Å². The summed E-state index contributed by atoms with van der Waals surface area (Å²) in [6.07, 6.45) is 0. The number of sulfonamides is 1. The first-order chi connectivity index (χ1) is 12.2. The lowest BCUT2D eigenvalue weighted by atomic mass is 10.2. The highest BCUT2D eigenvalue weighted by molar-refractivity contribution is 14.0. The molecule has 1 aromatic carbocycles. The lowest BCUT2D eigenvalue weighted by molar-refractivity contribution is 0.463. The summed E-state index contributed by atoms with van der Waals surface area (Å²) in [7, 11) is 1.29. The van der Waals surface area contributed by atoms with Crippen LogP contribution in [0.4, 0.5) is 0 Å². The normalized spacial score (nSPS) is 12.0. The van der Waals surface area contributed by atoms with Gasteiger partial charge in [0.05, 0.1) is 17.1 Å². The van der Waals surface area contributed by atoms with Crippen LogP contribution in [0.15, 0.2) is 38.6 Å². The predicted octanol–water partition coefficient (Wildman–Crippen LogP) is 2.02. The Kier molecular flexibility index (Phi) is 8.69. The van der Waals surface area contributed by atoms with Crippen molar-refractivity contribution in [1.82, 2.24) is 19.9 Å². The Morgan fingerprint density at radius 2 is 1.74 bits per heavy atom. The number of hydrogen-bond donors (Lipinski definition) is 2. The molecule has 2 rings (SSSR count). The van der Waals surface area contributed by atoms with Gasteiger partial charge in [0.1, 0.15) is 5.76 Å². The van der Waals surface area contributed by atoms with E-state index in [1.54, 1.807) is 31.3 Å². The van der Waals surface area contributed by atoms with Gasteiger partial charge >= 0.3 is 0 Å². The summed E-state index contributed by atoms with van der Waals surface area (Å²) >= 11 is 0. The number of guanidine groups is 1. The molecule has 10 heteroatoms. The Labute approximate surface area is 177 Å². The molecule has 0 saturated heterocycles. The zero-order valence-electron chi connectivity index (χ0n) is 16.1. The van der Waals surface area contributed by atoms with Gasteiger partial charge in [-0.25, -0.2) is 17.7 Å². The van der Waals surface area contributed by atoms with E-state index in [2.05, 4.69) is 20.6 Å². The fraction of sp³-hybridized carbons (Fsp3) is 0.412. The summed E-state index contributed by atoms with van der Waals surface area (Å²) in [4.78, 5) is 8.73. The van der Waals surface area contributed by atoms with Crippen molar-refractivity contribution in [1.29, 1.82) is 0 Å². The van der Waals surface area contributed by atoms with E-state index in [1.165, 1.54) is 18.4 Å². The van der Waals surface area contributed by atoms with Crippen molar-refractivity contribution in [2.75, 3.05) is 21.1 Å². The minimum atomic E-state index is -3.41. The summed E-state index contributed by atoms with van der Waals surface area (Å²) in [5.41, 5.74) is 1.81. The molecule has 0 atom stereocenters. The van der Waals surface area contributed by atoms with Gasteiger partial charge in [-0.2, -0.15) is 0 Å². The zero-order chi connectivity index (χ0) is 19.3. The second kappa shape index (κ2) is 10.0. The van der Waals surface area contributed by atoms with Gasteiger partial charge in [-0.15, -0.1) is 24.0 Å². The van der Waals surface area contributed by atoms with Crippen molar-refractivity contribution in [3.05, 3.63) is 47.2 Å². The number of nitrogens with one attached hydrogen (secondary N) is 2. The standard InChI is InChI=1S/C17H25N5O3S.HI/c1-12-13(2)25-16(21-12)11-20-17(18-3)19-10-14-6-8-15(9-7-14)26(23,24)22(4)5;/h6-9H,10-11H2,1-5H3,(H2,18,19,20);1H. The van der Waals surface area contributed by atoms with Gasteiger partial charge in [0, 0.05) is 27.7 Å². The third-order valence-corrected chi connectivity index (χ3v) is 5.69. The minimum Gasteiger partial charge on any atom is -0.444 e. The molecule has 0 saturated carbocycles. The Hall–Kier alpha value is -1.66. The van der Waals surface area contributed by atoms with Gasteiger partial charge in [0.15, 0.2) is 5.96 Å². The molecule has 0 fully saturated rings. The average Bonchev–Trinajstić information content (AvgIpc) is 2.93. The van der Waals surface area contributed by atoms with Crippen LogP contribution in [0.5, 0.6) is 0 Å². The SMILES string of the molecule is CN=C(NCc1ccc(S(=O)(=O)N(C)C)cc1)NCc1nc(C)c(C)o1.I. The molecule has 0 aliphatic heterocycles. The quantitative estimate of drug-likeness (QED) is 0.353. The number of hydrogen-bond acceptors (Lipinski definition) is 5. The van der Waals surface area contributed by atoms with Crippen LogP contribution in [0.3, 0.4) is 0 Å². The molecule has 1 heterocycles. The Bertz CT molecular complexity index is 857. The van der Waals surface area contributed by atoms with Crippen LogP contribution in [0, 0.1) is 13.8 Å². The van der Waals surface area contributed by atoms with Crippen LogP contribution in [-0.2, 0) is 23.1 Å². The summed E-state index contributed by atoms with van der Waals surface area (Å²) in [6, 6.07) is 6.75. The number of aryl methyl sites for hydroxylation is 2. The summed E-state index contributed by atoms with van der Waals surface area (Å²) in [5, 5.41) is 6.30. The average molecular weight is 507 g/mol. The molecular formula is C17H26IN5O3S. The molecule has 0 unspecified atom stereocenters. The van der Waals surface area contributed by atoms with Gasteiger partial charge in [0.25, 0.3) is 0 Å². The van der Waals surface area contributed by atoms with E-state index in [-0.39, 0.29) is 28.9 Å². The highest BCUT2D eigenvalue weighted by Gasteiger charge is 2.16. The lowest BCUT2D eigenvalue weighted by Crippen LogP contribution is -2.36. The summed E-state index contributed by atoms with van der Waals surface area (Å²) in [6.45, 7) is 4.70. The number of rotatable bonds is 6. The summed E-state index contributed by atoms with van der Waals surface area (Å²) < 4.78 is 30.8. The van der Waals surface area contributed by atoms with E-state index < -0.39 is 10.0 Å². The van der Waals surface area contributed by atoms with E-state index >= 15 is 0 Å². The second-order valence-electron chi connectivity index (χ2n) is 5.96. The van der Waals surface area contributed by atoms with E-state index in [4.69, 9.17) is 4.42 Å². The van der Waals surface area contributed by atoms with Gasteiger partial charge in [-0.3, -0.25) is 4.99 Å². The van der Waals surface area contributed by atoms with E-state index in [0.717, 1.165) is 17.0 Å². The van der Waals surface area contributed by atoms with Crippen LogP contribution in [-0.4, -0.2) is 44.8 Å². The maximum Gasteiger partial charge on any atom is 0.242 e. The Balaban J connectivity index is 0.00000364. The molecule has 2 N–H and O–H groups in total. The topological polar surface area (TPSA) is 99.8 Å². The maximum absolute atomic E-state index is 12.1.